The number of nitrogens with zero attached hydrogens (tertiary/aromatic N) is 4. The molecule has 1 aromatic heterocycles. The van der Waals surface area contributed by atoms with Crippen molar-refractivity contribution in [2.45, 2.75) is 43.9 Å². The number of nitrogens with two attached hydrogens (primary N) is 2. The second kappa shape index (κ2) is 13.4. The number of hydrogen-bond donors (Lipinski definition) is 3. The lowest BCUT2D eigenvalue weighted by Gasteiger charge is -2.43. The molecule has 1 amide bonds. The van der Waals surface area contributed by atoms with Crippen molar-refractivity contribution in [2.24, 2.45) is 5.73 Å². The zero-order valence-electron chi connectivity index (χ0n) is 20.3. The van der Waals surface area contributed by atoms with E-state index >= 15 is 0 Å². The number of piperidine rings is 2. The number of likely N-dealkylation sites (tertiary alicyclic amines) is 1. The number of anilines is 3. The number of benzene rings is 1. The summed E-state index contributed by atoms with van der Waals surface area (Å²) in [4.78, 5) is 32.4. The van der Waals surface area contributed by atoms with Gasteiger partial charge in [-0.05, 0) is 50.9 Å². The van der Waals surface area contributed by atoms with Crippen LogP contribution in [-0.2, 0) is 15.8 Å². The molecule has 0 saturated carbocycles. The molecule has 4 rings (SSSR count). The van der Waals surface area contributed by atoms with Crippen molar-refractivity contribution in [3.8, 4) is 0 Å². The Morgan fingerprint density at radius 3 is 2.46 bits per heavy atom. The first-order chi connectivity index (χ1) is 17.6. The summed E-state index contributed by atoms with van der Waals surface area (Å²) >= 11 is 5.87. The fourth-order valence-electron chi connectivity index (χ4n) is 4.43. The van der Waals surface area contributed by atoms with Gasteiger partial charge in [0.25, 0.3) is 0 Å². The van der Waals surface area contributed by atoms with Crippen LogP contribution in [0.2, 0.25) is 5.02 Å². The third kappa shape index (κ3) is 7.41. The van der Waals surface area contributed by atoms with Gasteiger partial charge in [0.2, 0.25) is 11.7 Å². The number of halogens is 5. The SMILES string of the molecule is C=O.CN.Nc1ncnc(N2CCC[C@@H](N3CCC[C@@H](Nc4cc(Cl)cc(C(F)(F)F)c4)C3=O)C2)c1F. The van der Waals surface area contributed by atoms with E-state index in [0.29, 0.717) is 32.5 Å². The Morgan fingerprint density at radius 2 is 1.78 bits per heavy atom. The van der Waals surface area contributed by atoms with Gasteiger partial charge in [-0.2, -0.15) is 17.6 Å². The van der Waals surface area contributed by atoms with Gasteiger partial charge in [-0.15, -0.1) is 0 Å². The fraction of sp³-hybridized carbons (Fsp3) is 0.478. The third-order valence-electron chi connectivity index (χ3n) is 5.97. The predicted molar refractivity (Wildman–Crippen MR) is 134 cm³/mol. The first kappa shape index (κ1) is 30.0. The van der Waals surface area contributed by atoms with Crippen molar-refractivity contribution < 1.29 is 27.2 Å². The minimum absolute atomic E-state index is 0.0680. The van der Waals surface area contributed by atoms with E-state index in [2.05, 4.69) is 21.0 Å². The van der Waals surface area contributed by atoms with E-state index in [1.54, 1.807) is 9.80 Å². The van der Waals surface area contributed by atoms with Gasteiger partial charge in [0.15, 0.2) is 11.6 Å². The molecule has 2 atom stereocenters. The highest BCUT2D eigenvalue weighted by molar-refractivity contribution is 6.31. The summed E-state index contributed by atoms with van der Waals surface area (Å²) in [7, 11) is 1.50. The third-order valence-corrected chi connectivity index (χ3v) is 6.19. The summed E-state index contributed by atoms with van der Waals surface area (Å²) in [5, 5.41) is 2.86. The molecule has 2 aliphatic heterocycles. The lowest BCUT2D eigenvalue weighted by atomic mass is 9.97. The summed E-state index contributed by atoms with van der Waals surface area (Å²) in [6.45, 7) is 3.46. The maximum absolute atomic E-state index is 14.4. The van der Waals surface area contributed by atoms with Gasteiger partial charge in [0, 0.05) is 36.4 Å². The van der Waals surface area contributed by atoms with Crippen LogP contribution in [0.4, 0.5) is 34.9 Å². The Labute approximate surface area is 217 Å². The normalized spacial score (nSPS) is 19.8. The number of alkyl halides is 3. The van der Waals surface area contributed by atoms with Crippen LogP contribution in [0.5, 0.6) is 0 Å². The number of carbonyl (C=O) groups is 2. The molecular formula is C23H30ClF4N7O2. The molecule has 0 unspecified atom stereocenters. The van der Waals surface area contributed by atoms with E-state index in [0.717, 1.165) is 25.0 Å². The van der Waals surface area contributed by atoms with E-state index in [1.165, 1.54) is 19.4 Å². The van der Waals surface area contributed by atoms with Crippen LogP contribution in [-0.4, -0.2) is 66.3 Å². The minimum Gasteiger partial charge on any atom is -0.381 e. The molecular weight excluding hydrogens is 518 g/mol. The van der Waals surface area contributed by atoms with Crippen LogP contribution < -0.4 is 21.7 Å². The zero-order chi connectivity index (χ0) is 27.8. The summed E-state index contributed by atoms with van der Waals surface area (Å²) in [5.41, 5.74) is 9.32. The average molecular weight is 548 g/mol. The van der Waals surface area contributed by atoms with Crippen LogP contribution >= 0.6 is 11.6 Å². The Bertz CT molecular complexity index is 1060. The largest absolute Gasteiger partial charge is 0.416 e. The summed E-state index contributed by atoms with van der Waals surface area (Å²) in [6.07, 6.45) is -0.734. The van der Waals surface area contributed by atoms with E-state index < -0.39 is 23.6 Å². The van der Waals surface area contributed by atoms with Gasteiger partial charge in [-0.3, -0.25) is 4.79 Å². The highest BCUT2D eigenvalue weighted by Gasteiger charge is 2.37. The van der Waals surface area contributed by atoms with Gasteiger partial charge in [-0.1, -0.05) is 11.6 Å². The van der Waals surface area contributed by atoms with Crippen LogP contribution in [0.3, 0.4) is 0 Å². The summed E-state index contributed by atoms with van der Waals surface area (Å²) in [5.74, 6) is -1.03. The van der Waals surface area contributed by atoms with Gasteiger partial charge in [0.05, 0.1) is 5.56 Å². The zero-order valence-corrected chi connectivity index (χ0v) is 21.0. The molecule has 2 aromatic rings. The molecule has 37 heavy (non-hydrogen) atoms. The Kier molecular flexibility index (Phi) is 10.9. The number of hydrogen-bond acceptors (Lipinski definition) is 8. The lowest BCUT2D eigenvalue weighted by Crippen LogP contribution is -2.56. The molecule has 0 spiro atoms. The first-order valence-electron chi connectivity index (χ1n) is 11.5. The first-order valence-corrected chi connectivity index (χ1v) is 11.8. The Morgan fingerprint density at radius 1 is 1.11 bits per heavy atom. The highest BCUT2D eigenvalue weighted by atomic mass is 35.5. The number of rotatable bonds is 4. The summed E-state index contributed by atoms with van der Waals surface area (Å²) < 4.78 is 53.8. The number of aromatic nitrogens is 2. The van der Waals surface area contributed by atoms with E-state index in [1.807, 2.05) is 6.79 Å². The molecule has 2 fully saturated rings. The highest BCUT2D eigenvalue weighted by Crippen LogP contribution is 2.34. The minimum atomic E-state index is -4.55. The lowest BCUT2D eigenvalue weighted by molar-refractivity contribution is -0.137. The second-order valence-electron chi connectivity index (χ2n) is 8.24. The van der Waals surface area contributed by atoms with Crippen LogP contribution in [0.25, 0.3) is 0 Å². The number of nitrogens with one attached hydrogen (secondary N) is 1. The maximum Gasteiger partial charge on any atom is 0.416 e. The van der Waals surface area contributed by atoms with Crippen LogP contribution in [0, 0.1) is 5.82 Å². The smallest absolute Gasteiger partial charge is 0.381 e. The molecule has 5 N–H and O–H groups in total. The van der Waals surface area contributed by atoms with Gasteiger partial charge < -0.3 is 31.4 Å². The number of nitrogen functional groups attached to an aromatic ring is 1. The second-order valence-corrected chi connectivity index (χ2v) is 8.67. The molecule has 3 heterocycles. The average Bonchev–Trinajstić information content (AvgIpc) is 2.88. The number of amides is 1. The molecule has 1 aromatic carbocycles. The van der Waals surface area contributed by atoms with E-state index in [9.17, 15) is 22.4 Å². The van der Waals surface area contributed by atoms with Crippen molar-refractivity contribution in [3.05, 3.63) is 40.9 Å². The Hall–Kier alpha value is -3.19. The van der Waals surface area contributed by atoms with E-state index in [4.69, 9.17) is 22.1 Å². The van der Waals surface area contributed by atoms with Crippen molar-refractivity contribution in [1.82, 2.24) is 14.9 Å². The van der Waals surface area contributed by atoms with E-state index in [-0.39, 0.29) is 34.3 Å². The van der Waals surface area contributed by atoms with Gasteiger partial charge in [-0.25, -0.2) is 9.97 Å². The summed E-state index contributed by atoms with van der Waals surface area (Å²) in [6, 6.07) is 2.30. The van der Waals surface area contributed by atoms with Crippen LogP contribution in [0.1, 0.15) is 31.2 Å². The molecule has 2 saturated heterocycles. The number of carbonyl (C=O) groups excluding carboxylic acids is 2. The topological polar surface area (TPSA) is 130 Å². The van der Waals surface area contributed by atoms with Crippen molar-refractivity contribution in [1.29, 1.82) is 0 Å². The predicted octanol–water partition coefficient (Wildman–Crippen LogP) is 3.33. The molecule has 0 aliphatic carbocycles. The monoisotopic (exact) mass is 547 g/mol. The molecule has 204 valence electrons. The standard InChI is InChI=1S/C21H23ClF4N6O.CH5N.CH2O/c22-13-7-12(21(24,25)26)8-14(9-13)30-16-4-2-6-32(20(16)33)15-3-1-5-31(10-15)19-17(23)18(27)28-11-29-19;2*1-2/h7-9,11,15-16,30H,1-6,10H2,(H2,27,28,29);2H2,1H3;1H2/t15-,16-;;/m1../s1. The molecule has 2 aliphatic rings. The van der Waals surface area contributed by atoms with Gasteiger partial charge >= 0.3 is 6.18 Å². The quantitative estimate of drug-likeness (QED) is 0.497. The fourth-order valence-corrected chi connectivity index (χ4v) is 4.66. The molecule has 9 nitrogen and oxygen atoms in total. The molecule has 0 bridgehead atoms. The maximum atomic E-state index is 14.4. The Balaban J connectivity index is 0.00000115. The molecule has 0 radical (unpaired) electrons. The van der Waals surface area contributed by atoms with Crippen molar-refractivity contribution >= 4 is 41.6 Å². The van der Waals surface area contributed by atoms with Crippen molar-refractivity contribution in [3.63, 3.8) is 0 Å². The van der Waals surface area contributed by atoms with Crippen molar-refractivity contribution in [2.75, 3.05) is 42.6 Å². The van der Waals surface area contributed by atoms with Crippen LogP contribution in [0.15, 0.2) is 24.5 Å². The molecule has 14 heteroatoms. The van der Waals surface area contributed by atoms with Gasteiger partial charge in [0.1, 0.15) is 19.2 Å².